The molecule has 0 fully saturated rings. The third-order valence-electron chi connectivity index (χ3n) is 4.78. The normalized spacial score (nSPS) is 11.3. The first-order valence-corrected chi connectivity index (χ1v) is 12.1. The molecule has 10 nitrogen and oxygen atoms in total. The fourth-order valence-corrected chi connectivity index (χ4v) is 4.02. The van der Waals surface area contributed by atoms with E-state index in [0.29, 0.717) is 11.4 Å². The minimum atomic E-state index is -1.52. The van der Waals surface area contributed by atoms with Crippen LogP contribution in [0.1, 0.15) is 61.6 Å². The number of carbonyl (C=O) groups is 2. The molecule has 0 bridgehead atoms. The van der Waals surface area contributed by atoms with Gasteiger partial charge >= 0.3 is 12.1 Å². The number of aromatic nitrogens is 3. The van der Waals surface area contributed by atoms with Crippen molar-refractivity contribution < 1.29 is 33.0 Å². The van der Waals surface area contributed by atoms with Crippen molar-refractivity contribution in [1.82, 2.24) is 14.9 Å². The summed E-state index contributed by atoms with van der Waals surface area (Å²) in [6, 6.07) is 3.15. The molecule has 2 N–H and O–H groups in total. The molecule has 2 heterocycles. The van der Waals surface area contributed by atoms with E-state index in [0.717, 1.165) is 40.8 Å². The van der Waals surface area contributed by atoms with Gasteiger partial charge in [-0.25, -0.2) is 28.5 Å². The minimum Gasteiger partial charge on any atom is -0.487 e. The third-order valence-corrected chi connectivity index (χ3v) is 5.73. The third kappa shape index (κ3) is 7.09. The first-order valence-electron chi connectivity index (χ1n) is 11.3. The number of ether oxygens (including phenoxy) is 2. The molecule has 0 atom stereocenters. The van der Waals surface area contributed by atoms with Gasteiger partial charge in [0.1, 0.15) is 22.2 Å². The van der Waals surface area contributed by atoms with E-state index in [1.165, 1.54) is 6.07 Å². The van der Waals surface area contributed by atoms with Crippen molar-refractivity contribution in [1.29, 1.82) is 0 Å². The minimum absolute atomic E-state index is 0.0127. The molecule has 0 saturated carbocycles. The van der Waals surface area contributed by atoms with Gasteiger partial charge in [-0.05, 0) is 38.8 Å². The molecule has 1 amide bonds. The van der Waals surface area contributed by atoms with Crippen molar-refractivity contribution in [2.45, 2.75) is 52.6 Å². The topological polar surface area (TPSA) is 133 Å². The standard InChI is InChI=1S/C24H26F2N4O6S/c1-5-6-9-35-20-18(22(32)33)30(29-23(34)36-24(2,3)4)12-15(19(20)31)21-28-27-17(37-21)10-13-7-8-14(25)11-16(13)26/h7-8,11-12H,5-6,9-10H2,1-4H3,(H,29,34)(H,32,33). The van der Waals surface area contributed by atoms with E-state index in [-0.39, 0.29) is 29.2 Å². The maximum atomic E-state index is 14.1. The molecule has 0 aliphatic carbocycles. The van der Waals surface area contributed by atoms with Crippen LogP contribution in [0.4, 0.5) is 13.6 Å². The fourth-order valence-electron chi connectivity index (χ4n) is 3.15. The average Bonchev–Trinajstić information content (AvgIpc) is 3.24. The van der Waals surface area contributed by atoms with Crippen LogP contribution < -0.4 is 15.6 Å². The number of carbonyl (C=O) groups excluding carboxylic acids is 1. The summed E-state index contributed by atoms with van der Waals surface area (Å²) < 4.78 is 38.9. The number of carboxylic acids is 1. The predicted octanol–water partition coefficient (Wildman–Crippen LogP) is 4.59. The summed E-state index contributed by atoms with van der Waals surface area (Å²) in [6.45, 7) is 6.86. The maximum Gasteiger partial charge on any atom is 0.426 e. The van der Waals surface area contributed by atoms with Crippen LogP contribution >= 0.6 is 11.3 Å². The van der Waals surface area contributed by atoms with Crippen molar-refractivity contribution >= 4 is 23.4 Å². The molecule has 0 radical (unpaired) electrons. The lowest BCUT2D eigenvalue weighted by atomic mass is 10.1. The summed E-state index contributed by atoms with van der Waals surface area (Å²) >= 11 is 0.954. The van der Waals surface area contributed by atoms with Gasteiger partial charge in [0, 0.05) is 18.7 Å². The van der Waals surface area contributed by atoms with Crippen LogP contribution in [-0.4, -0.2) is 44.3 Å². The lowest BCUT2D eigenvalue weighted by molar-refractivity contribution is 0.0608. The number of nitrogens with one attached hydrogen (secondary N) is 1. The second kappa shape index (κ2) is 11.5. The Morgan fingerprint density at radius 2 is 1.95 bits per heavy atom. The van der Waals surface area contributed by atoms with Gasteiger partial charge in [0.2, 0.25) is 11.2 Å². The van der Waals surface area contributed by atoms with Crippen molar-refractivity contribution in [3.05, 3.63) is 62.5 Å². The Hall–Kier alpha value is -3.87. The summed E-state index contributed by atoms with van der Waals surface area (Å²) in [7, 11) is 0. The quantitative estimate of drug-likeness (QED) is 0.380. The summed E-state index contributed by atoms with van der Waals surface area (Å²) in [5, 5.41) is 18.2. The number of carboxylic acid groups (broad SMARTS) is 1. The fraction of sp³-hybridized carbons (Fsp3) is 0.375. The first kappa shape index (κ1) is 27.7. The van der Waals surface area contributed by atoms with Gasteiger partial charge in [-0.2, -0.15) is 0 Å². The molecule has 0 aliphatic heterocycles. The zero-order valence-electron chi connectivity index (χ0n) is 20.6. The first-order chi connectivity index (χ1) is 17.4. The van der Waals surface area contributed by atoms with Crippen molar-refractivity contribution in [2.75, 3.05) is 12.0 Å². The van der Waals surface area contributed by atoms with E-state index >= 15 is 0 Å². The molecule has 2 aromatic heterocycles. The van der Waals surface area contributed by atoms with E-state index in [4.69, 9.17) is 9.47 Å². The number of hydrogen-bond donors (Lipinski definition) is 2. The van der Waals surface area contributed by atoms with E-state index in [9.17, 15) is 28.3 Å². The van der Waals surface area contributed by atoms with E-state index < -0.39 is 46.2 Å². The summed E-state index contributed by atoms with van der Waals surface area (Å²) in [4.78, 5) is 37.8. The lowest BCUT2D eigenvalue weighted by Gasteiger charge is -2.22. The van der Waals surface area contributed by atoms with Crippen LogP contribution in [0.15, 0.2) is 29.2 Å². The highest BCUT2D eigenvalue weighted by molar-refractivity contribution is 7.14. The Kier molecular flexibility index (Phi) is 8.58. The SMILES string of the molecule is CCCCOc1c(C(=O)O)n(NC(=O)OC(C)(C)C)cc(-c2nnc(Cc3ccc(F)cc3F)s2)c1=O. The molecular weight excluding hydrogens is 510 g/mol. The Morgan fingerprint density at radius 1 is 1.22 bits per heavy atom. The smallest absolute Gasteiger partial charge is 0.426 e. The zero-order valence-corrected chi connectivity index (χ0v) is 21.4. The van der Waals surface area contributed by atoms with Crippen LogP contribution in [0.25, 0.3) is 10.6 Å². The van der Waals surface area contributed by atoms with Gasteiger partial charge in [-0.3, -0.25) is 4.79 Å². The molecule has 13 heteroatoms. The Bertz CT molecular complexity index is 1370. The number of hydrogen-bond acceptors (Lipinski definition) is 8. The number of unbranched alkanes of at least 4 members (excludes halogenated alkanes) is 1. The Labute approximate surface area is 214 Å². The van der Waals surface area contributed by atoms with Gasteiger partial charge in [0.15, 0.2) is 10.7 Å². The van der Waals surface area contributed by atoms with E-state index in [1.54, 1.807) is 20.8 Å². The summed E-state index contributed by atoms with van der Waals surface area (Å²) in [5.74, 6) is -3.48. The molecule has 37 heavy (non-hydrogen) atoms. The number of amides is 1. The average molecular weight is 537 g/mol. The van der Waals surface area contributed by atoms with Gasteiger partial charge < -0.3 is 14.6 Å². The van der Waals surface area contributed by atoms with E-state index in [1.807, 2.05) is 6.92 Å². The van der Waals surface area contributed by atoms with Crippen LogP contribution in [-0.2, 0) is 11.2 Å². The summed E-state index contributed by atoms with van der Waals surface area (Å²) in [5.41, 5.74) is 0.130. The molecule has 0 spiro atoms. The summed E-state index contributed by atoms with van der Waals surface area (Å²) in [6.07, 6.45) is 1.39. The number of aromatic carboxylic acids is 1. The molecule has 198 valence electrons. The second-order valence-electron chi connectivity index (χ2n) is 8.95. The number of benzene rings is 1. The van der Waals surface area contributed by atoms with Crippen LogP contribution in [0.3, 0.4) is 0 Å². The van der Waals surface area contributed by atoms with Gasteiger partial charge in [-0.15, -0.1) is 10.2 Å². The van der Waals surface area contributed by atoms with Gasteiger partial charge in [-0.1, -0.05) is 30.7 Å². The van der Waals surface area contributed by atoms with Gasteiger partial charge in [0.05, 0.1) is 12.2 Å². The zero-order chi connectivity index (χ0) is 27.3. The Balaban J connectivity index is 2.07. The highest BCUT2D eigenvalue weighted by Crippen LogP contribution is 2.27. The highest BCUT2D eigenvalue weighted by Gasteiger charge is 2.27. The van der Waals surface area contributed by atoms with Crippen molar-refractivity contribution in [3.63, 3.8) is 0 Å². The van der Waals surface area contributed by atoms with Crippen molar-refractivity contribution in [3.8, 4) is 16.3 Å². The second-order valence-corrected chi connectivity index (χ2v) is 10.0. The highest BCUT2D eigenvalue weighted by atomic mass is 32.1. The molecule has 0 unspecified atom stereocenters. The van der Waals surface area contributed by atoms with Crippen molar-refractivity contribution in [2.24, 2.45) is 0 Å². The number of rotatable bonds is 9. The van der Waals surface area contributed by atoms with Crippen LogP contribution in [0.5, 0.6) is 5.75 Å². The molecule has 0 saturated heterocycles. The molecule has 3 aromatic rings. The number of nitrogens with zero attached hydrogens (tertiary/aromatic N) is 3. The maximum absolute atomic E-state index is 14.1. The molecule has 0 aliphatic rings. The van der Waals surface area contributed by atoms with Gasteiger partial charge in [0.25, 0.3) is 0 Å². The molecule has 3 rings (SSSR count). The largest absolute Gasteiger partial charge is 0.487 e. The Morgan fingerprint density at radius 3 is 2.57 bits per heavy atom. The molecule has 1 aromatic carbocycles. The van der Waals surface area contributed by atoms with E-state index in [2.05, 4.69) is 15.6 Å². The monoisotopic (exact) mass is 536 g/mol. The van der Waals surface area contributed by atoms with Crippen LogP contribution in [0, 0.1) is 11.6 Å². The number of halogens is 2. The predicted molar refractivity (Wildman–Crippen MR) is 132 cm³/mol. The lowest BCUT2D eigenvalue weighted by Crippen LogP contribution is -2.35. The molecular formula is C24H26F2N4O6S. The number of pyridine rings is 1. The van der Waals surface area contributed by atoms with Crippen LogP contribution in [0.2, 0.25) is 0 Å².